The predicted octanol–water partition coefficient (Wildman–Crippen LogP) is 0.561. The molecule has 5 nitrogen and oxygen atoms in total. The van der Waals surface area contributed by atoms with E-state index in [0.717, 1.165) is 10.5 Å². The average Bonchev–Trinajstić information content (AvgIpc) is 2.57. The maximum atomic E-state index is 11.8. The van der Waals surface area contributed by atoms with E-state index in [1.807, 2.05) is 0 Å². The van der Waals surface area contributed by atoms with Crippen molar-refractivity contribution in [2.75, 3.05) is 7.11 Å². The van der Waals surface area contributed by atoms with Crippen molar-refractivity contribution in [2.24, 2.45) is 5.92 Å². The molecule has 0 radical (unpaired) electrons. The van der Waals surface area contributed by atoms with Crippen molar-refractivity contribution in [2.45, 2.75) is 19.6 Å². The van der Waals surface area contributed by atoms with Gasteiger partial charge in [0, 0.05) is 0 Å². The first kappa shape index (κ1) is 12.6. The van der Waals surface area contributed by atoms with Crippen LogP contribution in [0.4, 0.5) is 0 Å². The summed E-state index contributed by atoms with van der Waals surface area (Å²) in [5.74, 6) is -0.798. The Hall–Kier alpha value is -1.88. The van der Waals surface area contributed by atoms with Gasteiger partial charge in [0.25, 0.3) is 5.91 Å². The van der Waals surface area contributed by atoms with Gasteiger partial charge in [-0.1, -0.05) is 19.1 Å². The van der Waals surface area contributed by atoms with Crippen molar-refractivity contribution in [3.8, 4) is 5.75 Å². The number of amides is 2. The standard InChI is InChI=1S/C13H15NO4/c1-8-11(15)13(17)14(12(8)16)7-9-3-5-10(18-2)6-4-9/h3-6,8,11,15H,7H2,1-2H3. The van der Waals surface area contributed by atoms with Crippen LogP contribution >= 0.6 is 0 Å². The van der Waals surface area contributed by atoms with E-state index in [2.05, 4.69) is 0 Å². The van der Waals surface area contributed by atoms with E-state index in [-0.39, 0.29) is 12.5 Å². The van der Waals surface area contributed by atoms with Crippen molar-refractivity contribution in [1.82, 2.24) is 4.90 Å². The quantitative estimate of drug-likeness (QED) is 0.795. The molecule has 1 heterocycles. The second-order valence-electron chi connectivity index (χ2n) is 4.34. The molecule has 0 saturated carbocycles. The monoisotopic (exact) mass is 249 g/mol. The molecule has 2 amide bonds. The molecule has 1 aromatic rings. The minimum Gasteiger partial charge on any atom is -0.497 e. The van der Waals surface area contributed by atoms with Crippen LogP contribution in [-0.4, -0.2) is 35.0 Å². The number of hydrogen-bond donors (Lipinski definition) is 1. The highest BCUT2D eigenvalue weighted by Gasteiger charge is 2.43. The van der Waals surface area contributed by atoms with Gasteiger partial charge in [0.15, 0.2) is 0 Å². The molecule has 1 fully saturated rings. The van der Waals surface area contributed by atoms with Gasteiger partial charge < -0.3 is 9.84 Å². The summed E-state index contributed by atoms with van der Waals surface area (Å²) >= 11 is 0. The van der Waals surface area contributed by atoms with Gasteiger partial charge in [0.2, 0.25) is 5.91 Å². The Balaban J connectivity index is 2.13. The van der Waals surface area contributed by atoms with Crippen LogP contribution < -0.4 is 4.74 Å². The summed E-state index contributed by atoms with van der Waals surface area (Å²) in [7, 11) is 1.57. The fourth-order valence-electron chi connectivity index (χ4n) is 1.93. The van der Waals surface area contributed by atoms with E-state index in [0.29, 0.717) is 5.75 Å². The molecular formula is C13H15NO4. The van der Waals surface area contributed by atoms with Crippen molar-refractivity contribution < 1.29 is 19.4 Å². The van der Waals surface area contributed by atoms with Crippen LogP contribution in [0.15, 0.2) is 24.3 Å². The number of carbonyl (C=O) groups is 2. The topological polar surface area (TPSA) is 66.8 Å². The second-order valence-corrected chi connectivity index (χ2v) is 4.34. The number of methoxy groups -OCH3 is 1. The second kappa shape index (κ2) is 4.78. The minimum atomic E-state index is -1.21. The summed E-state index contributed by atoms with van der Waals surface area (Å²) in [4.78, 5) is 24.6. The van der Waals surface area contributed by atoms with Crippen LogP contribution in [0.3, 0.4) is 0 Å². The van der Waals surface area contributed by atoms with E-state index in [1.165, 1.54) is 0 Å². The van der Waals surface area contributed by atoms with Gasteiger partial charge in [-0.25, -0.2) is 0 Å². The number of aliphatic hydroxyl groups excluding tert-OH is 1. The van der Waals surface area contributed by atoms with Crippen molar-refractivity contribution in [3.05, 3.63) is 29.8 Å². The van der Waals surface area contributed by atoms with E-state index in [4.69, 9.17) is 4.74 Å². The molecule has 1 saturated heterocycles. The third-order valence-corrected chi connectivity index (χ3v) is 3.15. The van der Waals surface area contributed by atoms with Crippen LogP contribution in [0.5, 0.6) is 5.75 Å². The molecule has 1 aromatic carbocycles. The smallest absolute Gasteiger partial charge is 0.259 e. The Kier molecular flexibility index (Phi) is 3.34. The molecule has 5 heteroatoms. The lowest BCUT2D eigenvalue weighted by atomic mass is 10.1. The molecule has 1 aliphatic heterocycles. The molecule has 0 aliphatic carbocycles. The first-order valence-electron chi connectivity index (χ1n) is 5.71. The summed E-state index contributed by atoms with van der Waals surface area (Å²) in [5.41, 5.74) is 0.818. The summed E-state index contributed by atoms with van der Waals surface area (Å²) in [6, 6.07) is 7.10. The van der Waals surface area contributed by atoms with Crippen molar-refractivity contribution >= 4 is 11.8 Å². The lowest BCUT2D eigenvalue weighted by Gasteiger charge is -2.14. The first-order valence-corrected chi connectivity index (χ1v) is 5.71. The predicted molar refractivity (Wildman–Crippen MR) is 63.7 cm³/mol. The van der Waals surface area contributed by atoms with Gasteiger partial charge in [-0.15, -0.1) is 0 Å². The Bertz CT molecular complexity index is 448. The fourth-order valence-corrected chi connectivity index (χ4v) is 1.93. The van der Waals surface area contributed by atoms with Gasteiger partial charge in [-0.05, 0) is 17.7 Å². The largest absolute Gasteiger partial charge is 0.497 e. The van der Waals surface area contributed by atoms with Crippen LogP contribution in [-0.2, 0) is 16.1 Å². The molecule has 1 N–H and O–H groups in total. The summed E-state index contributed by atoms with van der Waals surface area (Å²) in [5, 5.41) is 9.54. The zero-order valence-corrected chi connectivity index (χ0v) is 10.3. The number of aliphatic hydroxyl groups is 1. The van der Waals surface area contributed by atoms with E-state index >= 15 is 0 Å². The fraction of sp³-hybridized carbons (Fsp3) is 0.385. The van der Waals surface area contributed by atoms with Gasteiger partial charge in [0.05, 0.1) is 19.6 Å². The number of benzene rings is 1. The maximum absolute atomic E-state index is 11.8. The SMILES string of the molecule is COc1ccc(CN2C(=O)C(C)C(O)C2=O)cc1. The lowest BCUT2D eigenvalue weighted by Crippen LogP contribution is -2.31. The summed E-state index contributed by atoms with van der Waals surface area (Å²) < 4.78 is 5.03. The third-order valence-electron chi connectivity index (χ3n) is 3.15. The first-order chi connectivity index (χ1) is 8.54. The number of hydrogen-bond acceptors (Lipinski definition) is 4. The molecule has 2 rings (SSSR count). The molecular weight excluding hydrogens is 234 g/mol. The van der Waals surface area contributed by atoms with Crippen LogP contribution in [0.25, 0.3) is 0 Å². The highest BCUT2D eigenvalue weighted by molar-refractivity contribution is 6.06. The molecule has 2 atom stereocenters. The number of likely N-dealkylation sites (tertiary alicyclic amines) is 1. The Morgan fingerprint density at radius 2 is 1.83 bits per heavy atom. The number of nitrogens with zero attached hydrogens (tertiary/aromatic N) is 1. The van der Waals surface area contributed by atoms with E-state index in [1.54, 1.807) is 38.3 Å². The van der Waals surface area contributed by atoms with Crippen molar-refractivity contribution in [3.63, 3.8) is 0 Å². The van der Waals surface area contributed by atoms with Gasteiger partial charge in [-0.2, -0.15) is 0 Å². The summed E-state index contributed by atoms with van der Waals surface area (Å²) in [6.07, 6.45) is -1.21. The number of rotatable bonds is 3. The van der Waals surface area contributed by atoms with Crippen molar-refractivity contribution in [1.29, 1.82) is 0 Å². The zero-order valence-electron chi connectivity index (χ0n) is 10.3. The normalized spacial score (nSPS) is 23.6. The molecule has 0 aromatic heterocycles. The molecule has 18 heavy (non-hydrogen) atoms. The summed E-state index contributed by atoms with van der Waals surface area (Å²) in [6.45, 7) is 1.74. The average molecular weight is 249 g/mol. The zero-order chi connectivity index (χ0) is 13.3. The highest BCUT2D eigenvalue weighted by atomic mass is 16.5. The van der Waals surface area contributed by atoms with E-state index < -0.39 is 17.9 Å². The Morgan fingerprint density at radius 3 is 2.28 bits per heavy atom. The van der Waals surface area contributed by atoms with E-state index in [9.17, 15) is 14.7 Å². The minimum absolute atomic E-state index is 0.184. The number of imide groups is 1. The van der Waals surface area contributed by atoms with Gasteiger partial charge in [0.1, 0.15) is 11.9 Å². The number of ether oxygens (including phenoxy) is 1. The Morgan fingerprint density at radius 1 is 1.22 bits per heavy atom. The molecule has 96 valence electrons. The van der Waals surface area contributed by atoms with Crippen LogP contribution in [0.2, 0.25) is 0 Å². The van der Waals surface area contributed by atoms with Crippen LogP contribution in [0.1, 0.15) is 12.5 Å². The van der Waals surface area contributed by atoms with Gasteiger partial charge in [-0.3, -0.25) is 14.5 Å². The van der Waals surface area contributed by atoms with Gasteiger partial charge >= 0.3 is 0 Å². The lowest BCUT2D eigenvalue weighted by molar-refractivity contribution is -0.141. The molecule has 1 aliphatic rings. The third kappa shape index (κ3) is 2.09. The molecule has 0 bridgehead atoms. The highest BCUT2D eigenvalue weighted by Crippen LogP contribution is 2.22. The molecule has 2 unspecified atom stereocenters. The number of carbonyl (C=O) groups excluding carboxylic acids is 2. The molecule has 0 spiro atoms. The van der Waals surface area contributed by atoms with Crippen LogP contribution in [0, 0.1) is 5.92 Å². The Labute approximate surface area is 105 Å². The maximum Gasteiger partial charge on any atom is 0.259 e.